The van der Waals surface area contributed by atoms with Crippen molar-refractivity contribution in [2.75, 3.05) is 0 Å². The van der Waals surface area contributed by atoms with Gasteiger partial charge in [-0.15, -0.1) is 0 Å². The lowest BCUT2D eigenvalue weighted by Crippen LogP contribution is -1.95. The van der Waals surface area contributed by atoms with E-state index in [0.717, 1.165) is 23.7 Å². The first-order valence-electron chi connectivity index (χ1n) is 5.29. The summed E-state index contributed by atoms with van der Waals surface area (Å²) >= 11 is 0. The van der Waals surface area contributed by atoms with Gasteiger partial charge in [-0.3, -0.25) is 0 Å². The van der Waals surface area contributed by atoms with Crippen molar-refractivity contribution in [3.8, 4) is 0 Å². The van der Waals surface area contributed by atoms with Gasteiger partial charge in [-0.25, -0.2) is 0 Å². The van der Waals surface area contributed by atoms with Gasteiger partial charge < -0.3 is 0 Å². The van der Waals surface area contributed by atoms with Gasteiger partial charge in [0.1, 0.15) is 0 Å². The van der Waals surface area contributed by atoms with Crippen molar-refractivity contribution in [1.82, 2.24) is 0 Å². The Hall–Kier alpha value is 0. The second-order valence-corrected chi connectivity index (χ2v) is 4.77. The lowest BCUT2D eigenvalue weighted by Gasteiger charge is -2.06. The molecule has 2 rings (SSSR count). The van der Waals surface area contributed by atoms with E-state index in [9.17, 15) is 0 Å². The molecule has 0 amide bonds. The van der Waals surface area contributed by atoms with E-state index in [1.54, 1.807) is 6.42 Å². The Morgan fingerprint density at radius 3 is 2.00 bits per heavy atom. The second kappa shape index (κ2) is 2.80. The van der Waals surface area contributed by atoms with E-state index in [-0.39, 0.29) is 0 Å². The highest BCUT2D eigenvalue weighted by atomic mass is 14.5. The number of hydrogen-bond donors (Lipinski definition) is 0. The van der Waals surface area contributed by atoms with E-state index < -0.39 is 0 Å². The summed E-state index contributed by atoms with van der Waals surface area (Å²) < 4.78 is 0. The van der Waals surface area contributed by atoms with Crippen LogP contribution in [0.25, 0.3) is 0 Å². The molecule has 64 valence electrons. The molecule has 0 N–H and O–H groups in total. The first kappa shape index (κ1) is 7.64. The fourth-order valence-electron chi connectivity index (χ4n) is 2.83. The molecule has 0 heterocycles. The summed E-state index contributed by atoms with van der Waals surface area (Å²) in [7, 11) is 0. The highest BCUT2D eigenvalue weighted by Crippen LogP contribution is 2.50. The van der Waals surface area contributed by atoms with Crippen LogP contribution in [0, 0.1) is 23.7 Å². The first-order valence-corrected chi connectivity index (χ1v) is 5.29. The molecule has 0 aromatic heterocycles. The van der Waals surface area contributed by atoms with Gasteiger partial charge in [0.2, 0.25) is 0 Å². The topological polar surface area (TPSA) is 0 Å². The van der Waals surface area contributed by atoms with Crippen molar-refractivity contribution < 1.29 is 0 Å². The predicted octanol–water partition coefficient (Wildman–Crippen LogP) is 3.47. The standard InChI is InChI=1S/C11H20/c1-8-9(2)11(8)7-10-5-3-4-6-10/h8-11H,3-7H2,1-2H3. The molecule has 11 heavy (non-hydrogen) atoms. The van der Waals surface area contributed by atoms with Crippen molar-refractivity contribution in [2.45, 2.75) is 46.0 Å². The van der Waals surface area contributed by atoms with Crippen LogP contribution in [0.2, 0.25) is 0 Å². The van der Waals surface area contributed by atoms with Crippen molar-refractivity contribution in [2.24, 2.45) is 23.7 Å². The Labute approximate surface area is 70.4 Å². The second-order valence-electron chi connectivity index (χ2n) is 4.77. The molecule has 0 aliphatic heterocycles. The van der Waals surface area contributed by atoms with Gasteiger partial charge in [-0.2, -0.15) is 0 Å². The molecule has 2 fully saturated rings. The largest absolute Gasteiger partial charge is 0.0620 e. The summed E-state index contributed by atoms with van der Waals surface area (Å²) in [5.74, 6) is 4.33. The third kappa shape index (κ3) is 1.45. The van der Waals surface area contributed by atoms with Gasteiger partial charge in [0.15, 0.2) is 0 Å². The minimum Gasteiger partial charge on any atom is -0.0620 e. The van der Waals surface area contributed by atoms with Crippen LogP contribution in [0.1, 0.15) is 46.0 Å². The summed E-state index contributed by atoms with van der Waals surface area (Å²) in [5.41, 5.74) is 0. The summed E-state index contributed by atoms with van der Waals surface area (Å²) in [6, 6.07) is 0. The summed E-state index contributed by atoms with van der Waals surface area (Å²) in [4.78, 5) is 0. The van der Waals surface area contributed by atoms with Gasteiger partial charge in [0.05, 0.1) is 0 Å². The van der Waals surface area contributed by atoms with Crippen molar-refractivity contribution in [3.05, 3.63) is 0 Å². The fraction of sp³-hybridized carbons (Fsp3) is 1.00. The van der Waals surface area contributed by atoms with Gasteiger partial charge in [0, 0.05) is 0 Å². The maximum absolute atomic E-state index is 2.42. The molecule has 2 aliphatic rings. The molecule has 0 bridgehead atoms. The van der Waals surface area contributed by atoms with Crippen LogP contribution in [0.5, 0.6) is 0 Å². The smallest absolute Gasteiger partial charge is 0.0355 e. The molecule has 0 nitrogen and oxygen atoms in total. The average Bonchev–Trinajstić information content (AvgIpc) is 2.53. The average molecular weight is 152 g/mol. The minimum atomic E-state index is 1.05. The lowest BCUT2D eigenvalue weighted by molar-refractivity contribution is 0.449. The van der Waals surface area contributed by atoms with Crippen LogP contribution in [-0.4, -0.2) is 0 Å². The molecule has 0 saturated heterocycles. The van der Waals surface area contributed by atoms with Crippen LogP contribution < -0.4 is 0 Å². The third-order valence-corrected chi connectivity index (χ3v) is 4.12. The van der Waals surface area contributed by atoms with Crippen LogP contribution in [0.15, 0.2) is 0 Å². The van der Waals surface area contributed by atoms with E-state index in [0.29, 0.717) is 0 Å². The normalized spacial score (nSPS) is 44.7. The zero-order valence-corrected chi connectivity index (χ0v) is 7.84. The highest BCUT2D eigenvalue weighted by Gasteiger charge is 2.43. The Morgan fingerprint density at radius 1 is 1.00 bits per heavy atom. The highest BCUT2D eigenvalue weighted by molar-refractivity contribution is 4.92. The molecule has 0 radical (unpaired) electrons. The molecule has 0 heteroatoms. The van der Waals surface area contributed by atoms with E-state index >= 15 is 0 Å². The number of hydrogen-bond acceptors (Lipinski definition) is 0. The lowest BCUT2D eigenvalue weighted by atomic mass is 9.99. The van der Waals surface area contributed by atoms with Gasteiger partial charge in [-0.05, 0) is 30.1 Å². The van der Waals surface area contributed by atoms with Crippen LogP contribution in [-0.2, 0) is 0 Å². The molecule has 2 aliphatic carbocycles. The van der Waals surface area contributed by atoms with Gasteiger partial charge in [-0.1, -0.05) is 39.5 Å². The Kier molecular flexibility index (Phi) is 1.95. The molecular formula is C11H20. The molecule has 2 atom stereocenters. The zero-order valence-electron chi connectivity index (χ0n) is 7.84. The Bertz CT molecular complexity index is 125. The van der Waals surface area contributed by atoms with Crippen LogP contribution in [0.4, 0.5) is 0 Å². The maximum atomic E-state index is 2.42. The van der Waals surface area contributed by atoms with E-state index in [1.807, 2.05) is 0 Å². The van der Waals surface area contributed by atoms with E-state index in [4.69, 9.17) is 0 Å². The molecule has 0 aromatic rings. The Morgan fingerprint density at radius 2 is 1.55 bits per heavy atom. The quantitative estimate of drug-likeness (QED) is 0.568. The maximum Gasteiger partial charge on any atom is -0.0355 e. The SMILES string of the molecule is CC1C(C)C1CC1CCCC1. The van der Waals surface area contributed by atoms with E-state index in [2.05, 4.69) is 13.8 Å². The molecule has 2 unspecified atom stereocenters. The predicted molar refractivity (Wildman–Crippen MR) is 48.4 cm³/mol. The molecule has 2 saturated carbocycles. The minimum absolute atomic E-state index is 1.05. The monoisotopic (exact) mass is 152 g/mol. The van der Waals surface area contributed by atoms with Crippen molar-refractivity contribution in [1.29, 1.82) is 0 Å². The third-order valence-electron chi connectivity index (χ3n) is 4.12. The summed E-state index contributed by atoms with van der Waals surface area (Å²) in [6.07, 6.45) is 7.66. The zero-order chi connectivity index (χ0) is 7.84. The Balaban J connectivity index is 1.74. The first-order chi connectivity index (χ1) is 5.29. The summed E-state index contributed by atoms with van der Waals surface area (Å²) in [5, 5.41) is 0. The van der Waals surface area contributed by atoms with Crippen LogP contribution in [0.3, 0.4) is 0 Å². The summed E-state index contributed by atoms with van der Waals surface area (Å²) in [6.45, 7) is 4.84. The van der Waals surface area contributed by atoms with Gasteiger partial charge >= 0.3 is 0 Å². The van der Waals surface area contributed by atoms with Crippen LogP contribution >= 0.6 is 0 Å². The van der Waals surface area contributed by atoms with Crippen molar-refractivity contribution >= 4 is 0 Å². The van der Waals surface area contributed by atoms with Gasteiger partial charge in [0.25, 0.3) is 0 Å². The molecule has 0 spiro atoms. The molecule has 0 aromatic carbocycles. The fourth-order valence-corrected chi connectivity index (χ4v) is 2.83. The van der Waals surface area contributed by atoms with Crippen molar-refractivity contribution in [3.63, 3.8) is 0 Å². The number of rotatable bonds is 2. The molecular weight excluding hydrogens is 132 g/mol. The van der Waals surface area contributed by atoms with E-state index in [1.165, 1.54) is 25.7 Å².